The maximum absolute atomic E-state index is 13.6. The van der Waals surface area contributed by atoms with Gasteiger partial charge in [0, 0.05) is 23.3 Å². The van der Waals surface area contributed by atoms with Crippen molar-refractivity contribution in [3.63, 3.8) is 0 Å². The van der Waals surface area contributed by atoms with Gasteiger partial charge in [0.05, 0.1) is 28.6 Å². The molecule has 0 N–H and O–H groups in total. The average molecular weight is 260 g/mol. The Morgan fingerprint density at radius 1 is 1.06 bits per heavy atom. The van der Waals surface area contributed by atoms with Gasteiger partial charge in [-0.25, -0.2) is 9.37 Å². The molecule has 0 amide bonds. The molecule has 0 saturated carbocycles. The van der Waals surface area contributed by atoms with Crippen molar-refractivity contribution in [1.82, 2.24) is 15.0 Å². The number of pyridine rings is 3. The average Bonchev–Trinajstić information content (AvgIpc) is 2.39. The van der Waals surface area contributed by atoms with E-state index in [4.69, 9.17) is 11.6 Å². The molecular weight excluding hydrogens is 253 g/mol. The van der Waals surface area contributed by atoms with Crippen LogP contribution in [0, 0.1) is 5.82 Å². The number of aromatic nitrogens is 3. The van der Waals surface area contributed by atoms with E-state index in [0.29, 0.717) is 21.8 Å². The molecule has 3 aromatic heterocycles. The molecule has 0 saturated heterocycles. The third-order valence-corrected chi connectivity index (χ3v) is 2.92. The topological polar surface area (TPSA) is 38.7 Å². The quantitative estimate of drug-likeness (QED) is 0.671. The monoisotopic (exact) mass is 259 g/mol. The first kappa shape index (κ1) is 11.0. The lowest BCUT2D eigenvalue weighted by atomic mass is 10.1. The van der Waals surface area contributed by atoms with E-state index >= 15 is 0 Å². The molecular formula is C13H7ClFN3. The van der Waals surface area contributed by atoms with Gasteiger partial charge in [0.25, 0.3) is 0 Å². The Morgan fingerprint density at radius 2 is 1.83 bits per heavy atom. The normalized spacial score (nSPS) is 10.8. The summed E-state index contributed by atoms with van der Waals surface area (Å²) in [6.07, 6.45) is 5.91. The molecule has 0 radical (unpaired) electrons. The van der Waals surface area contributed by atoms with Crippen molar-refractivity contribution in [2.45, 2.75) is 0 Å². The van der Waals surface area contributed by atoms with Gasteiger partial charge in [0.15, 0.2) is 5.82 Å². The van der Waals surface area contributed by atoms with Crippen molar-refractivity contribution >= 4 is 22.5 Å². The second kappa shape index (κ2) is 4.31. The molecule has 3 nitrogen and oxygen atoms in total. The van der Waals surface area contributed by atoms with Crippen molar-refractivity contribution in [1.29, 1.82) is 0 Å². The van der Waals surface area contributed by atoms with E-state index in [1.807, 2.05) is 0 Å². The van der Waals surface area contributed by atoms with Crippen molar-refractivity contribution in [3.05, 3.63) is 53.8 Å². The largest absolute Gasteiger partial charge is 0.262 e. The predicted molar refractivity (Wildman–Crippen MR) is 67.7 cm³/mol. The molecule has 0 aromatic carbocycles. The Labute approximate surface area is 107 Å². The standard InChI is InChI=1S/C13H7ClFN3/c14-10-5-12(9-2-4-16-6-11(9)15)18-13-7-17-3-1-8(10)13/h1-7H. The molecule has 18 heavy (non-hydrogen) atoms. The summed E-state index contributed by atoms with van der Waals surface area (Å²) in [5.41, 5.74) is 1.48. The minimum Gasteiger partial charge on any atom is -0.262 e. The smallest absolute Gasteiger partial charge is 0.150 e. The van der Waals surface area contributed by atoms with E-state index in [-0.39, 0.29) is 0 Å². The summed E-state index contributed by atoms with van der Waals surface area (Å²) < 4.78 is 13.6. The van der Waals surface area contributed by atoms with Gasteiger partial charge in [-0.05, 0) is 18.2 Å². The first-order valence-corrected chi connectivity index (χ1v) is 5.63. The number of nitrogens with zero attached hydrogens (tertiary/aromatic N) is 3. The Morgan fingerprint density at radius 3 is 2.67 bits per heavy atom. The van der Waals surface area contributed by atoms with Gasteiger partial charge < -0.3 is 0 Å². The number of halogens is 2. The molecule has 88 valence electrons. The molecule has 0 bridgehead atoms. The summed E-state index contributed by atoms with van der Waals surface area (Å²) in [5.74, 6) is -0.427. The molecule has 0 unspecified atom stereocenters. The second-order valence-corrected chi connectivity index (χ2v) is 4.14. The number of hydrogen-bond acceptors (Lipinski definition) is 3. The molecule has 0 spiro atoms. The van der Waals surface area contributed by atoms with Crippen LogP contribution in [-0.2, 0) is 0 Å². The van der Waals surface area contributed by atoms with Crippen molar-refractivity contribution < 1.29 is 4.39 Å². The minimum atomic E-state index is -0.427. The first-order valence-electron chi connectivity index (χ1n) is 5.26. The minimum absolute atomic E-state index is 0.373. The van der Waals surface area contributed by atoms with Crippen LogP contribution in [0.1, 0.15) is 0 Å². The third kappa shape index (κ3) is 1.80. The van der Waals surface area contributed by atoms with Gasteiger partial charge in [0.1, 0.15) is 0 Å². The summed E-state index contributed by atoms with van der Waals surface area (Å²) in [4.78, 5) is 12.0. The summed E-state index contributed by atoms with van der Waals surface area (Å²) >= 11 is 6.16. The van der Waals surface area contributed by atoms with Crippen LogP contribution in [0.25, 0.3) is 22.2 Å². The molecule has 0 aliphatic carbocycles. The van der Waals surface area contributed by atoms with Gasteiger partial charge in [-0.3, -0.25) is 9.97 Å². The summed E-state index contributed by atoms with van der Waals surface area (Å²) in [6, 6.07) is 4.98. The number of hydrogen-bond donors (Lipinski definition) is 0. The zero-order valence-corrected chi connectivity index (χ0v) is 9.89. The summed E-state index contributed by atoms with van der Waals surface area (Å²) in [6.45, 7) is 0. The summed E-state index contributed by atoms with van der Waals surface area (Å²) in [5, 5.41) is 1.32. The van der Waals surface area contributed by atoms with E-state index in [1.165, 1.54) is 6.20 Å². The third-order valence-electron chi connectivity index (χ3n) is 2.61. The molecule has 0 aliphatic heterocycles. The van der Waals surface area contributed by atoms with Crippen LogP contribution in [0.2, 0.25) is 5.02 Å². The maximum atomic E-state index is 13.6. The van der Waals surface area contributed by atoms with Crippen LogP contribution in [0.15, 0.2) is 43.0 Å². The zero-order chi connectivity index (χ0) is 12.5. The van der Waals surface area contributed by atoms with Gasteiger partial charge >= 0.3 is 0 Å². The lowest BCUT2D eigenvalue weighted by Gasteiger charge is -2.05. The molecule has 0 fully saturated rings. The fourth-order valence-electron chi connectivity index (χ4n) is 1.76. The van der Waals surface area contributed by atoms with Gasteiger partial charge in [0.2, 0.25) is 0 Å². The van der Waals surface area contributed by atoms with Crippen LogP contribution in [0.5, 0.6) is 0 Å². The molecule has 0 aliphatic rings. The Hall–Kier alpha value is -2.07. The second-order valence-electron chi connectivity index (χ2n) is 3.74. The van der Waals surface area contributed by atoms with Gasteiger partial charge in [-0.2, -0.15) is 0 Å². The van der Waals surface area contributed by atoms with Crippen molar-refractivity contribution in [2.24, 2.45) is 0 Å². The fraction of sp³-hybridized carbons (Fsp3) is 0. The van der Waals surface area contributed by atoms with E-state index in [2.05, 4.69) is 15.0 Å². The SMILES string of the molecule is Fc1cnccc1-c1cc(Cl)c2ccncc2n1. The van der Waals surface area contributed by atoms with Crippen LogP contribution in [0.4, 0.5) is 4.39 Å². The van der Waals surface area contributed by atoms with Crippen LogP contribution >= 0.6 is 11.6 Å². The lowest BCUT2D eigenvalue weighted by molar-refractivity contribution is 0.624. The fourth-order valence-corrected chi connectivity index (χ4v) is 2.02. The number of rotatable bonds is 1. The van der Waals surface area contributed by atoms with Crippen LogP contribution in [0.3, 0.4) is 0 Å². The van der Waals surface area contributed by atoms with E-state index in [1.54, 1.807) is 30.6 Å². The first-order chi connectivity index (χ1) is 8.75. The Kier molecular flexibility index (Phi) is 2.64. The maximum Gasteiger partial charge on any atom is 0.150 e. The highest BCUT2D eigenvalue weighted by Gasteiger charge is 2.09. The van der Waals surface area contributed by atoms with E-state index in [9.17, 15) is 4.39 Å². The molecule has 3 heterocycles. The highest BCUT2D eigenvalue weighted by molar-refractivity contribution is 6.35. The zero-order valence-electron chi connectivity index (χ0n) is 9.14. The van der Waals surface area contributed by atoms with E-state index < -0.39 is 5.82 Å². The number of fused-ring (bicyclic) bond motifs is 1. The Balaban J connectivity index is 2.28. The van der Waals surface area contributed by atoms with Gasteiger partial charge in [-0.15, -0.1) is 0 Å². The Bertz CT molecular complexity index is 730. The molecule has 3 rings (SSSR count). The van der Waals surface area contributed by atoms with Gasteiger partial charge in [-0.1, -0.05) is 11.6 Å². The van der Waals surface area contributed by atoms with Crippen molar-refractivity contribution in [2.75, 3.05) is 0 Å². The van der Waals surface area contributed by atoms with Crippen LogP contribution in [-0.4, -0.2) is 15.0 Å². The lowest BCUT2D eigenvalue weighted by Crippen LogP contribution is -1.91. The highest BCUT2D eigenvalue weighted by atomic mass is 35.5. The van der Waals surface area contributed by atoms with Crippen molar-refractivity contribution in [3.8, 4) is 11.3 Å². The molecule has 0 atom stereocenters. The molecule has 5 heteroatoms. The van der Waals surface area contributed by atoms with Crippen LogP contribution < -0.4 is 0 Å². The highest BCUT2D eigenvalue weighted by Crippen LogP contribution is 2.28. The summed E-state index contributed by atoms with van der Waals surface area (Å²) in [7, 11) is 0. The predicted octanol–water partition coefficient (Wildman–Crippen LogP) is 3.48. The van der Waals surface area contributed by atoms with E-state index in [0.717, 1.165) is 11.6 Å². The molecule has 3 aromatic rings.